The molecule has 0 aliphatic heterocycles. The lowest BCUT2D eigenvalue weighted by Gasteiger charge is -2.13. The van der Waals surface area contributed by atoms with Gasteiger partial charge in [-0.05, 0) is 30.1 Å². The number of hydrogen-bond acceptors (Lipinski definition) is 2. The molecule has 4 saturated carbocycles. The Morgan fingerprint density at radius 2 is 1.92 bits per heavy atom. The predicted molar refractivity (Wildman–Crippen MR) is 46.8 cm³/mol. The fourth-order valence-corrected chi connectivity index (χ4v) is 6.16. The third kappa shape index (κ3) is 0.666. The smallest absolute Gasteiger partial charge is 0.150 e. The first-order valence-electron chi connectivity index (χ1n) is 4.35. The van der Waals surface area contributed by atoms with Crippen molar-refractivity contribution in [3.8, 4) is 0 Å². The fraction of sp³-hybridized carbons (Fsp3) is 1.00. The highest BCUT2D eigenvalue weighted by atomic mass is 35.5. The van der Waals surface area contributed by atoms with E-state index in [0.29, 0.717) is 17.8 Å². The van der Waals surface area contributed by atoms with Crippen LogP contribution in [0.15, 0.2) is 0 Å². The van der Waals surface area contributed by atoms with E-state index in [1.165, 1.54) is 6.26 Å². The van der Waals surface area contributed by atoms with E-state index in [1.807, 2.05) is 0 Å². The molecule has 4 bridgehead atoms. The minimum atomic E-state index is -2.83. The maximum atomic E-state index is 11.4. The maximum Gasteiger partial charge on any atom is 0.150 e. The standard InChI is InChI=1S/C8H11ClO2S/c1-12(10,11)8-4-2-3-5(6(3)8)7(4)9/h3-8H,2H2,1H3. The average Bonchev–Trinajstić information content (AvgIpc) is 2.33. The van der Waals surface area contributed by atoms with Crippen molar-refractivity contribution >= 4 is 21.4 Å². The molecule has 0 aromatic heterocycles. The van der Waals surface area contributed by atoms with Crippen molar-refractivity contribution in [2.45, 2.75) is 17.0 Å². The lowest BCUT2D eigenvalue weighted by molar-refractivity contribution is 0.549. The van der Waals surface area contributed by atoms with Crippen molar-refractivity contribution in [1.82, 2.24) is 0 Å². The summed E-state index contributed by atoms with van der Waals surface area (Å²) in [7, 11) is -2.83. The Morgan fingerprint density at radius 3 is 2.08 bits per heavy atom. The van der Waals surface area contributed by atoms with E-state index in [4.69, 9.17) is 11.6 Å². The van der Waals surface area contributed by atoms with E-state index in [-0.39, 0.29) is 16.5 Å². The molecule has 0 radical (unpaired) electrons. The molecular formula is C8H11ClO2S. The zero-order valence-electron chi connectivity index (χ0n) is 6.77. The van der Waals surface area contributed by atoms with Crippen LogP contribution < -0.4 is 0 Å². The van der Waals surface area contributed by atoms with Crippen molar-refractivity contribution in [3.63, 3.8) is 0 Å². The molecule has 4 fully saturated rings. The van der Waals surface area contributed by atoms with Crippen LogP contribution in [0.1, 0.15) is 6.42 Å². The highest BCUT2D eigenvalue weighted by Crippen LogP contribution is 2.73. The SMILES string of the molecule is CS(=O)(=O)C1C2CC3C(C2Cl)C31. The first-order valence-corrected chi connectivity index (χ1v) is 6.74. The Bertz CT molecular complexity index is 337. The largest absolute Gasteiger partial charge is 0.229 e. The van der Waals surface area contributed by atoms with Crippen LogP contribution in [-0.4, -0.2) is 25.3 Å². The van der Waals surface area contributed by atoms with Crippen molar-refractivity contribution in [2.75, 3.05) is 6.26 Å². The van der Waals surface area contributed by atoms with E-state index in [1.54, 1.807) is 0 Å². The summed E-state index contributed by atoms with van der Waals surface area (Å²) in [6, 6.07) is 0. The Balaban J connectivity index is 2.04. The zero-order valence-corrected chi connectivity index (χ0v) is 8.35. The maximum absolute atomic E-state index is 11.4. The Hall–Kier alpha value is 0.240. The minimum absolute atomic E-state index is 0.0880. The monoisotopic (exact) mass is 206 g/mol. The van der Waals surface area contributed by atoms with Gasteiger partial charge in [-0.2, -0.15) is 0 Å². The van der Waals surface area contributed by atoms with Gasteiger partial charge in [0, 0.05) is 11.6 Å². The minimum Gasteiger partial charge on any atom is -0.229 e. The molecule has 0 heterocycles. The molecule has 0 saturated heterocycles. The van der Waals surface area contributed by atoms with Gasteiger partial charge in [-0.1, -0.05) is 0 Å². The van der Waals surface area contributed by atoms with Crippen LogP contribution in [0.25, 0.3) is 0 Å². The van der Waals surface area contributed by atoms with Crippen LogP contribution in [0, 0.1) is 23.7 Å². The molecule has 4 aliphatic rings. The van der Waals surface area contributed by atoms with Crippen LogP contribution in [0.5, 0.6) is 0 Å². The predicted octanol–water partition coefficient (Wildman–Crippen LogP) is 0.903. The van der Waals surface area contributed by atoms with E-state index in [9.17, 15) is 8.42 Å². The lowest BCUT2D eigenvalue weighted by atomic mass is 10.1. The van der Waals surface area contributed by atoms with Gasteiger partial charge < -0.3 is 0 Å². The molecule has 0 N–H and O–H groups in total. The fourth-order valence-electron chi connectivity index (χ4n) is 3.59. The Morgan fingerprint density at radius 1 is 1.25 bits per heavy atom. The van der Waals surface area contributed by atoms with Gasteiger partial charge in [-0.25, -0.2) is 8.42 Å². The van der Waals surface area contributed by atoms with Crippen LogP contribution in [0.2, 0.25) is 0 Å². The molecule has 12 heavy (non-hydrogen) atoms. The van der Waals surface area contributed by atoms with E-state index in [0.717, 1.165) is 6.42 Å². The summed E-state index contributed by atoms with van der Waals surface area (Å²) in [5, 5.41) is 0.0784. The van der Waals surface area contributed by atoms with Gasteiger partial charge in [0.2, 0.25) is 0 Å². The molecule has 0 aromatic rings. The quantitative estimate of drug-likeness (QED) is 0.598. The first-order chi connectivity index (χ1) is 5.52. The summed E-state index contributed by atoms with van der Waals surface area (Å²) in [5.41, 5.74) is 0. The number of halogens is 1. The molecule has 0 aromatic carbocycles. The molecule has 6 atom stereocenters. The molecule has 6 unspecified atom stereocenters. The summed E-state index contributed by atoms with van der Waals surface area (Å²) >= 11 is 6.13. The summed E-state index contributed by atoms with van der Waals surface area (Å²) in [4.78, 5) is 0. The molecule has 0 amide bonds. The van der Waals surface area contributed by atoms with Gasteiger partial charge in [0.15, 0.2) is 9.84 Å². The van der Waals surface area contributed by atoms with Gasteiger partial charge >= 0.3 is 0 Å². The average molecular weight is 207 g/mol. The van der Waals surface area contributed by atoms with E-state index in [2.05, 4.69) is 0 Å². The molecular weight excluding hydrogens is 196 g/mol. The third-order valence-electron chi connectivity index (χ3n) is 3.91. The van der Waals surface area contributed by atoms with E-state index >= 15 is 0 Å². The number of alkyl halides is 1. The van der Waals surface area contributed by atoms with Crippen molar-refractivity contribution in [3.05, 3.63) is 0 Å². The van der Waals surface area contributed by atoms with Gasteiger partial charge in [0.05, 0.1) is 5.25 Å². The summed E-state index contributed by atoms with van der Waals surface area (Å²) < 4.78 is 22.8. The Kier molecular flexibility index (Phi) is 1.18. The zero-order chi connectivity index (χ0) is 8.67. The number of sulfone groups is 1. The van der Waals surface area contributed by atoms with Crippen molar-refractivity contribution in [2.24, 2.45) is 23.7 Å². The van der Waals surface area contributed by atoms with Gasteiger partial charge in [0.1, 0.15) is 0 Å². The molecule has 68 valence electrons. The second-order valence-corrected chi connectivity index (χ2v) is 7.16. The summed E-state index contributed by atoms with van der Waals surface area (Å²) in [6.07, 6.45) is 2.43. The first kappa shape index (κ1) is 7.63. The normalized spacial score (nSPS) is 60.8. The van der Waals surface area contributed by atoms with Crippen molar-refractivity contribution < 1.29 is 8.42 Å². The molecule has 2 nitrogen and oxygen atoms in total. The van der Waals surface area contributed by atoms with Crippen LogP contribution in [-0.2, 0) is 9.84 Å². The summed E-state index contributed by atoms with van der Waals surface area (Å²) in [6.45, 7) is 0. The second kappa shape index (κ2) is 1.85. The van der Waals surface area contributed by atoms with Crippen LogP contribution in [0.3, 0.4) is 0 Å². The van der Waals surface area contributed by atoms with Gasteiger partial charge in [0.25, 0.3) is 0 Å². The van der Waals surface area contributed by atoms with Gasteiger partial charge in [-0.3, -0.25) is 0 Å². The third-order valence-corrected chi connectivity index (χ3v) is 6.18. The Labute approximate surface area is 77.2 Å². The number of rotatable bonds is 1. The van der Waals surface area contributed by atoms with E-state index < -0.39 is 9.84 Å². The molecule has 4 rings (SSSR count). The van der Waals surface area contributed by atoms with Crippen molar-refractivity contribution in [1.29, 1.82) is 0 Å². The lowest BCUT2D eigenvalue weighted by Crippen LogP contribution is -2.26. The molecule has 4 heteroatoms. The molecule has 4 aliphatic carbocycles. The van der Waals surface area contributed by atoms with Gasteiger partial charge in [-0.15, -0.1) is 11.6 Å². The highest BCUT2D eigenvalue weighted by molar-refractivity contribution is 7.91. The highest BCUT2D eigenvalue weighted by Gasteiger charge is 2.75. The molecule has 0 spiro atoms. The van der Waals surface area contributed by atoms with Crippen LogP contribution >= 0.6 is 11.6 Å². The van der Waals surface area contributed by atoms with Crippen LogP contribution in [0.4, 0.5) is 0 Å². The number of hydrogen-bond donors (Lipinski definition) is 0. The second-order valence-electron chi connectivity index (χ2n) is 4.46. The summed E-state index contributed by atoms with van der Waals surface area (Å²) in [5.74, 6) is 1.93. The topological polar surface area (TPSA) is 34.1 Å².